The van der Waals surface area contributed by atoms with E-state index in [1.165, 1.54) is 17.6 Å². The second-order valence-electron chi connectivity index (χ2n) is 7.42. The first kappa shape index (κ1) is 20.0. The Balaban J connectivity index is 1.21. The number of nitrogens with one attached hydrogen (secondary N) is 1. The van der Waals surface area contributed by atoms with Crippen LogP contribution >= 0.6 is 11.3 Å². The first-order valence-electron chi connectivity index (χ1n) is 10.2. The molecule has 1 aliphatic rings. The Kier molecular flexibility index (Phi) is 5.44. The molecule has 0 radical (unpaired) electrons. The maximum Gasteiger partial charge on any atom is 0.266 e. The first-order chi connectivity index (χ1) is 15.7. The molecule has 160 valence electrons. The zero-order valence-electron chi connectivity index (χ0n) is 17.0. The third-order valence-electron chi connectivity index (χ3n) is 5.40. The fourth-order valence-corrected chi connectivity index (χ4v) is 4.45. The highest BCUT2D eigenvalue weighted by atomic mass is 32.1. The monoisotopic (exact) mass is 445 g/mol. The van der Waals surface area contributed by atoms with Crippen LogP contribution in [0, 0.1) is 17.2 Å². The number of hydrogen-bond donors (Lipinski definition) is 1. The minimum Gasteiger partial charge on any atom is -0.459 e. The number of oxazole rings is 1. The Bertz CT molecular complexity index is 1250. The molecule has 3 aromatic heterocycles. The fourth-order valence-electron chi connectivity index (χ4n) is 3.73. The van der Waals surface area contributed by atoms with E-state index < -0.39 is 0 Å². The molecule has 9 heteroatoms. The lowest BCUT2D eigenvalue weighted by Crippen LogP contribution is -2.38. The molecule has 1 aliphatic heterocycles. The number of carbonyl (C=O) groups is 1. The molecule has 1 N–H and O–H groups in total. The summed E-state index contributed by atoms with van der Waals surface area (Å²) in [6, 6.07) is 15.4. The van der Waals surface area contributed by atoms with Crippen LogP contribution in [0.5, 0.6) is 0 Å². The third-order valence-corrected chi connectivity index (χ3v) is 6.16. The summed E-state index contributed by atoms with van der Waals surface area (Å²) < 4.78 is 11.1. The normalized spacial score (nSPS) is 14.3. The maximum absolute atomic E-state index is 12.8. The molecule has 1 amide bonds. The number of anilines is 2. The second kappa shape index (κ2) is 8.69. The summed E-state index contributed by atoms with van der Waals surface area (Å²) in [5.74, 6) is 1.01. The number of amides is 1. The maximum atomic E-state index is 12.8. The van der Waals surface area contributed by atoms with Gasteiger partial charge >= 0.3 is 0 Å². The van der Waals surface area contributed by atoms with E-state index in [0.29, 0.717) is 42.7 Å². The molecule has 32 heavy (non-hydrogen) atoms. The predicted molar refractivity (Wildman–Crippen MR) is 120 cm³/mol. The van der Waals surface area contributed by atoms with Crippen molar-refractivity contribution in [1.82, 2.24) is 9.97 Å². The van der Waals surface area contributed by atoms with E-state index in [4.69, 9.17) is 8.83 Å². The number of carbonyl (C=O) groups excluding carboxylic acids is 1. The van der Waals surface area contributed by atoms with Crippen LogP contribution in [-0.2, 0) is 4.79 Å². The summed E-state index contributed by atoms with van der Waals surface area (Å²) in [4.78, 5) is 23.5. The lowest BCUT2D eigenvalue weighted by molar-refractivity contribution is -0.120. The Hall–Kier alpha value is -3.90. The number of nitrogens with zero attached hydrogens (tertiary/aromatic N) is 4. The van der Waals surface area contributed by atoms with Crippen molar-refractivity contribution in [1.29, 1.82) is 5.26 Å². The van der Waals surface area contributed by atoms with Crippen LogP contribution in [0.1, 0.15) is 18.5 Å². The van der Waals surface area contributed by atoms with Crippen molar-refractivity contribution in [3.05, 3.63) is 59.8 Å². The predicted octanol–water partition coefficient (Wildman–Crippen LogP) is 4.78. The fraction of sp³-hybridized carbons (Fsp3) is 0.217. The van der Waals surface area contributed by atoms with E-state index in [-0.39, 0.29) is 23.4 Å². The molecule has 0 unspecified atom stereocenters. The molecular weight excluding hydrogens is 426 g/mol. The molecule has 5 rings (SSSR count). The Morgan fingerprint density at radius 3 is 2.69 bits per heavy atom. The van der Waals surface area contributed by atoms with Crippen molar-refractivity contribution in [2.45, 2.75) is 12.8 Å². The first-order valence-corrected chi connectivity index (χ1v) is 11.1. The summed E-state index contributed by atoms with van der Waals surface area (Å²) in [5, 5.41) is 14.9. The summed E-state index contributed by atoms with van der Waals surface area (Å²) in [6.07, 6.45) is 2.81. The molecule has 1 fully saturated rings. The molecule has 4 aromatic rings. The van der Waals surface area contributed by atoms with Gasteiger partial charge in [0.1, 0.15) is 6.07 Å². The number of thiazole rings is 1. The molecule has 1 saturated heterocycles. The molecule has 0 saturated carbocycles. The number of rotatable bonds is 5. The summed E-state index contributed by atoms with van der Waals surface area (Å²) in [6.45, 7) is 1.18. The molecule has 4 heterocycles. The van der Waals surface area contributed by atoms with Crippen molar-refractivity contribution in [2.24, 2.45) is 5.92 Å². The smallest absolute Gasteiger partial charge is 0.266 e. The molecule has 8 nitrogen and oxygen atoms in total. The highest BCUT2D eigenvalue weighted by Crippen LogP contribution is 2.32. The molecule has 0 spiro atoms. The van der Waals surface area contributed by atoms with Gasteiger partial charge in [0.2, 0.25) is 17.5 Å². The van der Waals surface area contributed by atoms with E-state index in [2.05, 4.69) is 21.4 Å². The molecule has 0 atom stereocenters. The second-order valence-corrected chi connectivity index (χ2v) is 8.27. The van der Waals surface area contributed by atoms with Gasteiger partial charge in [0.25, 0.3) is 5.89 Å². The van der Waals surface area contributed by atoms with Gasteiger partial charge in [-0.3, -0.25) is 4.79 Å². The summed E-state index contributed by atoms with van der Waals surface area (Å²) in [5.41, 5.74) is 2.09. The Morgan fingerprint density at radius 1 is 1.16 bits per heavy atom. The lowest BCUT2D eigenvalue weighted by atomic mass is 9.96. The molecule has 1 aromatic carbocycles. The number of nitriles is 1. The molecule has 0 aliphatic carbocycles. The minimum atomic E-state index is -0.131. The van der Waals surface area contributed by atoms with Gasteiger partial charge in [0.15, 0.2) is 10.9 Å². The quantitative estimate of drug-likeness (QED) is 0.471. The SMILES string of the molecule is N#Cc1nc(-c2ccco2)oc1N1CCC(C(=O)Nc2nc(-c3ccccc3)cs2)CC1. The van der Waals surface area contributed by atoms with Crippen LogP contribution in [0.25, 0.3) is 22.9 Å². The van der Waals surface area contributed by atoms with Gasteiger partial charge in [-0.1, -0.05) is 30.3 Å². The van der Waals surface area contributed by atoms with Gasteiger partial charge in [-0.2, -0.15) is 10.2 Å². The lowest BCUT2D eigenvalue weighted by Gasteiger charge is -2.30. The topological polar surface area (TPSA) is 108 Å². The van der Waals surface area contributed by atoms with Crippen molar-refractivity contribution in [3.63, 3.8) is 0 Å². The van der Waals surface area contributed by atoms with E-state index >= 15 is 0 Å². The third kappa shape index (κ3) is 4.00. The van der Waals surface area contributed by atoms with Crippen LogP contribution in [0.4, 0.5) is 11.0 Å². The van der Waals surface area contributed by atoms with Crippen molar-refractivity contribution >= 4 is 28.3 Å². The van der Waals surface area contributed by atoms with Gasteiger partial charge in [0, 0.05) is 30.0 Å². The van der Waals surface area contributed by atoms with E-state index in [1.54, 1.807) is 12.1 Å². The van der Waals surface area contributed by atoms with Gasteiger partial charge in [-0.15, -0.1) is 11.3 Å². The van der Waals surface area contributed by atoms with Crippen LogP contribution in [0.3, 0.4) is 0 Å². The number of aromatic nitrogens is 2. The summed E-state index contributed by atoms with van der Waals surface area (Å²) in [7, 11) is 0. The van der Waals surface area contributed by atoms with E-state index in [1.807, 2.05) is 40.6 Å². The Morgan fingerprint density at radius 2 is 1.97 bits per heavy atom. The molecular formula is C23H19N5O3S. The minimum absolute atomic E-state index is 0.0343. The zero-order valence-corrected chi connectivity index (χ0v) is 17.8. The average Bonchev–Trinajstić information content (AvgIpc) is 3.60. The van der Waals surface area contributed by atoms with Crippen molar-refractivity contribution < 1.29 is 13.6 Å². The van der Waals surface area contributed by atoms with Crippen LogP contribution in [0.15, 0.2) is 62.9 Å². The highest BCUT2D eigenvalue weighted by Gasteiger charge is 2.29. The van der Waals surface area contributed by atoms with Crippen LogP contribution in [-0.4, -0.2) is 29.0 Å². The molecule has 0 bridgehead atoms. The van der Waals surface area contributed by atoms with E-state index in [0.717, 1.165) is 11.3 Å². The van der Waals surface area contributed by atoms with Crippen LogP contribution in [0.2, 0.25) is 0 Å². The standard InChI is InChI=1S/C23H19N5O3S/c24-13-17-22(31-21(25-17)19-7-4-12-30-19)28-10-8-16(9-11-28)20(29)27-23-26-18(14-32-23)15-5-2-1-3-6-15/h1-7,12,14,16H,8-11H2,(H,26,27,29). The zero-order chi connectivity index (χ0) is 21.9. The summed E-state index contributed by atoms with van der Waals surface area (Å²) >= 11 is 1.42. The van der Waals surface area contributed by atoms with Gasteiger partial charge in [0.05, 0.1) is 12.0 Å². The van der Waals surface area contributed by atoms with Crippen LogP contribution < -0.4 is 10.2 Å². The van der Waals surface area contributed by atoms with Crippen molar-refractivity contribution in [2.75, 3.05) is 23.3 Å². The van der Waals surface area contributed by atoms with Gasteiger partial charge in [-0.05, 0) is 25.0 Å². The van der Waals surface area contributed by atoms with Gasteiger partial charge < -0.3 is 19.1 Å². The Labute approximate surface area is 188 Å². The number of furan rings is 1. The largest absolute Gasteiger partial charge is 0.459 e. The average molecular weight is 446 g/mol. The number of benzene rings is 1. The van der Waals surface area contributed by atoms with E-state index in [9.17, 15) is 10.1 Å². The van der Waals surface area contributed by atoms with Crippen molar-refractivity contribution in [3.8, 4) is 29.0 Å². The number of hydrogen-bond acceptors (Lipinski definition) is 8. The number of piperidine rings is 1. The highest BCUT2D eigenvalue weighted by molar-refractivity contribution is 7.14. The van der Waals surface area contributed by atoms with Gasteiger partial charge in [-0.25, -0.2) is 4.98 Å².